The van der Waals surface area contributed by atoms with Crippen LogP contribution in [0, 0.1) is 11.7 Å². The van der Waals surface area contributed by atoms with Crippen LogP contribution in [0.4, 0.5) is 10.1 Å². The number of nitrogens with one attached hydrogen (secondary N) is 3. The summed E-state index contributed by atoms with van der Waals surface area (Å²) >= 11 is 3.17. The summed E-state index contributed by atoms with van der Waals surface area (Å²) in [6.07, 6.45) is 3.08. The lowest BCUT2D eigenvalue weighted by molar-refractivity contribution is 0.281. The SMILES string of the molecule is NC1NNC2CC(c3ccc(NS(=O)(=O)c4cc(Br)ccc4F)cc3)CCC12. The van der Waals surface area contributed by atoms with Crippen molar-refractivity contribution in [3.8, 4) is 0 Å². The van der Waals surface area contributed by atoms with Crippen molar-refractivity contribution in [2.45, 2.75) is 42.3 Å². The first-order valence-corrected chi connectivity index (χ1v) is 11.5. The van der Waals surface area contributed by atoms with Crippen molar-refractivity contribution >= 4 is 31.6 Å². The summed E-state index contributed by atoms with van der Waals surface area (Å²) in [5.74, 6) is 0.0522. The molecule has 0 aromatic heterocycles. The molecule has 4 atom stereocenters. The monoisotopic (exact) mass is 468 g/mol. The summed E-state index contributed by atoms with van der Waals surface area (Å²) in [4.78, 5) is -0.388. The highest BCUT2D eigenvalue weighted by atomic mass is 79.9. The van der Waals surface area contributed by atoms with Crippen molar-refractivity contribution in [3.05, 3.63) is 58.3 Å². The van der Waals surface area contributed by atoms with Crippen LogP contribution in [-0.2, 0) is 10.0 Å². The summed E-state index contributed by atoms with van der Waals surface area (Å²) in [5.41, 5.74) is 14.0. The number of sulfonamides is 1. The average Bonchev–Trinajstić information content (AvgIpc) is 3.04. The number of hydrogen-bond acceptors (Lipinski definition) is 5. The Bertz CT molecular complexity index is 970. The van der Waals surface area contributed by atoms with Gasteiger partial charge in [-0.3, -0.25) is 10.1 Å². The molecule has 2 aliphatic rings. The fraction of sp³-hybridized carbons (Fsp3) is 0.368. The molecular formula is C19H22BrFN4O2S. The molecule has 150 valence electrons. The minimum Gasteiger partial charge on any atom is -0.315 e. The van der Waals surface area contributed by atoms with Crippen LogP contribution in [0.5, 0.6) is 0 Å². The van der Waals surface area contributed by atoms with Gasteiger partial charge in [-0.25, -0.2) is 18.2 Å². The summed E-state index contributed by atoms with van der Waals surface area (Å²) in [7, 11) is -4.01. The van der Waals surface area contributed by atoms with E-state index in [1.807, 2.05) is 12.1 Å². The number of benzene rings is 2. The average molecular weight is 469 g/mol. The van der Waals surface area contributed by atoms with Crippen LogP contribution in [0.25, 0.3) is 0 Å². The van der Waals surface area contributed by atoms with Gasteiger partial charge in [0.05, 0.1) is 6.17 Å². The van der Waals surface area contributed by atoms with E-state index >= 15 is 0 Å². The Kier molecular flexibility index (Phi) is 5.45. The first kappa shape index (κ1) is 19.8. The third-order valence-corrected chi connectivity index (χ3v) is 7.51. The van der Waals surface area contributed by atoms with Crippen LogP contribution in [-0.4, -0.2) is 20.6 Å². The molecule has 5 N–H and O–H groups in total. The minimum atomic E-state index is -4.01. The highest BCUT2D eigenvalue weighted by molar-refractivity contribution is 9.10. The lowest BCUT2D eigenvalue weighted by atomic mass is 9.75. The topological polar surface area (TPSA) is 96.2 Å². The number of anilines is 1. The molecule has 9 heteroatoms. The van der Waals surface area contributed by atoms with E-state index < -0.39 is 15.8 Å². The molecule has 1 saturated heterocycles. The maximum absolute atomic E-state index is 13.9. The smallest absolute Gasteiger partial charge is 0.264 e. The first-order valence-electron chi connectivity index (χ1n) is 9.18. The maximum atomic E-state index is 13.9. The Morgan fingerprint density at radius 1 is 1.11 bits per heavy atom. The zero-order valence-electron chi connectivity index (χ0n) is 15.0. The van der Waals surface area contributed by atoms with Gasteiger partial charge in [-0.05, 0) is 61.1 Å². The normalized spacial score (nSPS) is 27.4. The Morgan fingerprint density at radius 3 is 2.61 bits per heavy atom. The molecular weight excluding hydrogens is 447 g/mol. The van der Waals surface area contributed by atoms with Gasteiger partial charge in [0.1, 0.15) is 10.7 Å². The molecule has 0 amide bonds. The maximum Gasteiger partial charge on any atom is 0.264 e. The van der Waals surface area contributed by atoms with Crippen molar-refractivity contribution in [1.82, 2.24) is 10.9 Å². The molecule has 4 rings (SSSR count). The zero-order valence-corrected chi connectivity index (χ0v) is 17.4. The Morgan fingerprint density at radius 2 is 1.86 bits per heavy atom. The van der Waals surface area contributed by atoms with Crippen molar-refractivity contribution in [2.75, 3.05) is 4.72 Å². The molecule has 4 unspecified atom stereocenters. The predicted molar refractivity (Wildman–Crippen MR) is 109 cm³/mol. The van der Waals surface area contributed by atoms with Gasteiger partial charge in [-0.1, -0.05) is 28.1 Å². The molecule has 0 bridgehead atoms. The van der Waals surface area contributed by atoms with Gasteiger partial charge in [0.25, 0.3) is 10.0 Å². The number of hydrogen-bond donors (Lipinski definition) is 4. The van der Waals surface area contributed by atoms with Gasteiger partial charge < -0.3 is 5.73 Å². The summed E-state index contributed by atoms with van der Waals surface area (Å²) in [6.45, 7) is 0. The molecule has 1 heterocycles. The van der Waals surface area contributed by atoms with Crippen LogP contribution in [0.15, 0.2) is 51.8 Å². The quantitative estimate of drug-likeness (QED) is 0.552. The Balaban J connectivity index is 1.47. The van der Waals surface area contributed by atoms with Crippen molar-refractivity contribution in [3.63, 3.8) is 0 Å². The van der Waals surface area contributed by atoms with Gasteiger partial charge >= 0.3 is 0 Å². The largest absolute Gasteiger partial charge is 0.315 e. The van der Waals surface area contributed by atoms with E-state index in [2.05, 4.69) is 31.5 Å². The summed E-state index contributed by atoms with van der Waals surface area (Å²) in [5, 5.41) is 0. The van der Waals surface area contributed by atoms with Crippen LogP contribution in [0.3, 0.4) is 0 Å². The van der Waals surface area contributed by atoms with E-state index in [1.54, 1.807) is 12.1 Å². The second-order valence-corrected chi connectivity index (χ2v) is 9.96. The molecule has 28 heavy (non-hydrogen) atoms. The molecule has 1 aliphatic carbocycles. The Labute approximate surface area is 172 Å². The van der Waals surface area contributed by atoms with Gasteiger partial charge in [0, 0.05) is 22.1 Å². The van der Waals surface area contributed by atoms with E-state index in [-0.39, 0.29) is 11.1 Å². The van der Waals surface area contributed by atoms with E-state index in [1.165, 1.54) is 12.1 Å². The van der Waals surface area contributed by atoms with Gasteiger partial charge in [-0.2, -0.15) is 0 Å². The lowest BCUT2D eigenvalue weighted by Crippen LogP contribution is -2.39. The van der Waals surface area contributed by atoms with Gasteiger partial charge in [-0.15, -0.1) is 0 Å². The summed E-state index contributed by atoms with van der Waals surface area (Å²) < 4.78 is 41.9. The van der Waals surface area contributed by atoms with Crippen LogP contribution in [0.1, 0.15) is 30.7 Å². The third-order valence-electron chi connectivity index (χ3n) is 5.62. The molecule has 2 aromatic rings. The molecule has 0 spiro atoms. The second-order valence-electron chi connectivity index (χ2n) is 7.40. The number of rotatable bonds is 4. The lowest BCUT2D eigenvalue weighted by Gasteiger charge is -2.32. The molecule has 2 aromatic carbocycles. The van der Waals surface area contributed by atoms with Crippen molar-refractivity contribution < 1.29 is 12.8 Å². The Hall–Kier alpha value is -1.52. The molecule has 2 fully saturated rings. The van der Waals surface area contributed by atoms with E-state index in [0.29, 0.717) is 28.0 Å². The number of hydrazine groups is 1. The zero-order chi connectivity index (χ0) is 19.9. The van der Waals surface area contributed by atoms with Crippen molar-refractivity contribution in [2.24, 2.45) is 11.7 Å². The molecule has 6 nitrogen and oxygen atoms in total. The van der Waals surface area contributed by atoms with E-state index in [9.17, 15) is 12.8 Å². The van der Waals surface area contributed by atoms with Crippen molar-refractivity contribution in [1.29, 1.82) is 0 Å². The number of fused-ring (bicyclic) bond motifs is 1. The van der Waals surface area contributed by atoms with Crippen LogP contribution >= 0.6 is 15.9 Å². The molecule has 1 saturated carbocycles. The van der Waals surface area contributed by atoms with Crippen LogP contribution < -0.4 is 21.3 Å². The standard InChI is InChI=1S/C19H22BrFN4O2S/c20-13-4-8-16(21)18(10-13)28(26,27)25-14-5-1-11(2-6-14)12-3-7-15-17(9-12)23-24-19(15)22/h1-2,4-6,8,10,12,15,17,19,23-25H,3,7,9,22H2. The van der Waals surface area contributed by atoms with Gasteiger partial charge in [0.15, 0.2) is 0 Å². The minimum absolute atomic E-state index is 0.00107. The first-order chi connectivity index (χ1) is 13.3. The van der Waals surface area contributed by atoms with Gasteiger partial charge in [0.2, 0.25) is 0 Å². The third kappa shape index (κ3) is 3.95. The number of nitrogens with two attached hydrogens (primary N) is 1. The highest BCUT2D eigenvalue weighted by Gasteiger charge is 2.38. The fourth-order valence-corrected chi connectivity index (χ4v) is 5.80. The fourth-order valence-electron chi connectivity index (χ4n) is 4.12. The number of halogens is 2. The van der Waals surface area contributed by atoms with E-state index in [4.69, 9.17) is 5.73 Å². The highest BCUT2D eigenvalue weighted by Crippen LogP contribution is 2.38. The second kappa shape index (κ2) is 7.72. The van der Waals surface area contributed by atoms with Crippen LogP contribution in [0.2, 0.25) is 0 Å². The predicted octanol–water partition coefficient (Wildman–Crippen LogP) is 3.03. The molecule has 1 aliphatic heterocycles. The van der Waals surface area contributed by atoms with E-state index in [0.717, 1.165) is 30.9 Å². The molecule has 0 radical (unpaired) electrons. The summed E-state index contributed by atoms with van der Waals surface area (Å²) in [6, 6.07) is 11.5.